The molecule has 0 heterocycles. The number of carbonyl (C=O) groups excluding carboxylic acids is 1. The van der Waals surface area contributed by atoms with Gasteiger partial charge < -0.3 is 15.1 Å². The zero-order valence-electron chi connectivity index (χ0n) is 13.2. The van der Waals surface area contributed by atoms with Crippen LogP contribution in [0.25, 0.3) is 0 Å². The van der Waals surface area contributed by atoms with Crippen LogP contribution in [-0.2, 0) is 4.79 Å². The molecule has 110 valence electrons. The van der Waals surface area contributed by atoms with E-state index in [4.69, 9.17) is 0 Å². The van der Waals surface area contributed by atoms with Crippen LogP contribution in [0.5, 0.6) is 0 Å². The zero-order valence-corrected chi connectivity index (χ0v) is 13.2. The molecule has 0 aromatic heterocycles. The van der Waals surface area contributed by atoms with Crippen LogP contribution in [0.1, 0.15) is 26.7 Å². The molecule has 19 heavy (non-hydrogen) atoms. The van der Waals surface area contributed by atoms with E-state index in [-0.39, 0.29) is 5.91 Å². The second kappa shape index (κ2) is 8.75. The van der Waals surface area contributed by atoms with Crippen LogP contribution in [0.2, 0.25) is 0 Å². The Labute approximate surface area is 118 Å². The van der Waals surface area contributed by atoms with Gasteiger partial charge in [-0.1, -0.05) is 12.2 Å². The lowest BCUT2D eigenvalue weighted by atomic mass is 10.3. The Morgan fingerprint density at radius 3 is 2.26 bits per heavy atom. The monoisotopic (exact) mass is 268 g/mol. The summed E-state index contributed by atoms with van der Waals surface area (Å²) in [5.41, 5.74) is 2.09. The largest absolute Gasteiger partial charge is 0.389 e. The summed E-state index contributed by atoms with van der Waals surface area (Å²) in [6.07, 6.45) is 3.51. The normalized spacial score (nSPS) is 10.8. The van der Waals surface area contributed by atoms with E-state index >= 15 is 0 Å². The molecule has 0 aromatic rings. The van der Waals surface area contributed by atoms with Crippen LogP contribution in [0.15, 0.2) is 23.9 Å². The van der Waals surface area contributed by atoms with Crippen molar-refractivity contribution in [2.75, 3.05) is 40.8 Å². The number of carbonyl (C=O) groups is 1. The van der Waals surface area contributed by atoms with Gasteiger partial charge in [-0.25, -0.2) is 0 Å². The van der Waals surface area contributed by atoms with Gasteiger partial charge in [0.15, 0.2) is 0 Å². The molecule has 0 spiro atoms. The maximum Gasteiger partial charge on any atom is 0.243 e. The molecule has 0 aromatic carbocycles. The minimum atomic E-state index is -0.0103. The predicted molar refractivity (Wildman–Crippen MR) is 81.7 cm³/mol. The Kier molecular flexibility index (Phi) is 8.16. The van der Waals surface area contributed by atoms with E-state index in [0.29, 0.717) is 6.54 Å². The lowest BCUT2D eigenvalue weighted by molar-refractivity contribution is -0.870. The third-order valence-electron chi connectivity index (χ3n) is 2.53. The number of hydrogen-bond acceptors (Lipinski definition) is 2. The highest BCUT2D eigenvalue weighted by Gasteiger charge is 2.06. The van der Waals surface area contributed by atoms with E-state index in [0.717, 1.165) is 41.7 Å². The summed E-state index contributed by atoms with van der Waals surface area (Å²) >= 11 is 0. The fraction of sp³-hybridized carbons (Fsp3) is 0.667. The van der Waals surface area contributed by atoms with E-state index < -0.39 is 0 Å². The molecule has 0 aliphatic heterocycles. The van der Waals surface area contributed by atoms with Crippen molar-refractivity contribution in [2.24, 2.45) is 0 Å². The number of hydrogen-bond donors (Lipinski definition) is 2. The maximum absolute atomic E-state index is 11.3. The van der Waals surface area contributed by atoms with Gasteiger partial charge in [0.1, 0.15) is 0 Å². The van der Waals surface area contributed by atoms with Crippen LogP contribution >= 0.6 is 0 Å². The quantitative estimate of drug-likeness (QED) is 0.379. The molecule has 0 saturated carbocycles. The smallest absolute Gasteiger partial charge is 0.243 e. The van der Waals surface area contributed by atoms with Crippen molar-refractivity contribution in [3.8, 4) is 0 Å². The maximum atomic E-state index is 11.3. The Morgan fingerprint density at radius 1 is 1.16 bits per heavy atom. The highest BCUT2D eigenvalue weighted by atomic mass is 16.1. The molecular formula is C15H30N3O+. The number of amides is 1. The minimum Gasteiger partial charge on any atom is -0.389 e. The lowest BCUT2D eigenvalue weighted by Gasteiger charge is -2.24. The van der Waals surface area contributed by atoms with E-state index in [1.165, 1.54) is 0 Å². The Hall–Kier alpha value is -1.29. The minimum absolute atomic E-state index is 0.0103. The van der Waals surface area contributed by atoms with Gasteiger partial charge in [-0.15, -0.1) is 0 Å². The van der Waals surface area contributed by atoms with Crippen molar-refractivity contribution in [3.63, 3.8) is 0 Å². The van der Waals surface area contributed by atoms with Crippen molar-refractivity contribution in [1.29, 1.82) is 0 Å². The molecule has 0 aliphatic carbocycles. The van der Waals surface area contributed by atoms with Gasteiger partial charge in [0.25, 0.3) is 0 Å². The van der Waals surface area contributed by atoms with Crippen LogP contribution in [0, 0.1) is 0 Å². The van der Waals surface area contributed by atoms with Gasteiger partial charge in [0, 0.05) is 31.3 Å². The van der Waals surface area contributed by atoms with Gasteiger partial charge in [-0.05, 0) is 20.3 Å². The molecule has 2 N–H and O–H groups in total. The van der Waals surface area contributed by atoms with Crippen LogP contribution in [0.4, 0.5) is 0 Å². The Bertz CT molecular complexity index is 323. The lowest BCUT2D eigenvalue weighted by Crippen LogP contribution is -2.36. The molecule has 0 rings (SSSR count). The van der Waals surface area contributed by atoms with E-state index in [9.17, 15) is 4.79 Å². The molecule has 1 amide bonds. The first-order chi connectivity index (χ1) is 8.70. The number of rotatable bonds is 9. The van der Waals surface area contributed by atoms with Gasteiger partial charge in [-0.3, -0.25) is 4.79 Å². The summed E-state index contributed by atoms with van der Waals surface area (Å²) in [5.74, 6) is -0.0103. The molecule has 0 fully saturated rings. The standard InChI is InChI=1S/C15H29N3O/c1-13(2)12-15(19)17-10-7-9-16-14(3)8-11-18(4,5)6/h12,16H,3,7-11H2,1-2,4-6H3/p+1. The third kappa shape index (κ3) is 12.9. The summed E-state index contributed by atoms with van der Waals surface area (Å²) in [4.78, 5) is 11.3. The molecule has 0 bridgehead atoms. The summed E-state index contributed by atoms with van der Waals surface area (Å²) < 4.78 is 0.944. The van der Waals surface area contributed by atoms with E-state index in [2.05, 4.69) is 38.4 Å². The average molecular weight is 268 g/mol. The van der Waals surface area contributed by atoms with Crippen molar-refractivity contribution in [3.05, 3.63) is 23.9 Å². The summed E-state index contributed by atoms with van der Waals surface area (Å²) in [5, 5.41) is 6.15. The van der Waals surface area contributed by atoms with Crippen molar-refractivity contribution in [1.82, 2.24) is 10.6 Å². The number of nitrogens with zero attached hydrogens (tertiary/aromatic N) is 1. The zero-order chi connectivity index (χ0) is 14.9. The van der Waals surface area contributed by atoms with E-state index in [1.54, 1.807) is 6.08 Å². The summed E-state index contributed by atoms with van der Waals surface area (Å²) in [6, 6.07) is 0. The first-order valence-corrected chi connectivity index (χ1v) is 6.85. The molecule has 0 unspecified atom stereocenters. The summed E-state index contributed by atoms with van der Waals surface area (Å²) in [7, 11) is 6.52. The number of allylic oxidation sites excluding steroid dienone is 1. The summed E-state index contributed by atoms with van der Waals surface area (Å²) in [6.45, 7) is 10.5. The van der Waals surface area contributed by atoms with Gasteiger partial charge in [0.05, 0.1) is 27.7 Å². The third-order valence-corrected chi connectivity index (χ3v) is 2.53. The van der Waals surface area contributed by atoms with Crippen LogP contribution < -0.4 is 10.6 Å². The van der Waals surface area contributed by atoms with Crippen LogP contribution in [-0.4, -0.2) is 51.2 Å². The SMILES string of the molecule is C=C(CC[N+](C)(C)C)NCCCNC(=O)C=C(C)C. The Balaban J connectivity index is 3.57. The molecule has 0 radical (unpaired) electrons. The average Bonchev–Trinajstić information content (AvgIpc) is 2.24. The highest BCUT2D eigenvalue weighted by molar-refractivity contribution is 5.87. The highest BCUT2D eigenvalue weighted by Crippen LogP contribution is 1.99. The molecular weight excluding hydrogens is 238 g/mol. The first kappa shape index (κ1) is 17.7. The second-order valence-electron chi connectivity index (χ2n) is 6.16. The first-order valence-electron chi connectivity index (χ1n) is 6.85. The van der Waals surface area contributed by atoms with Crippen molar-refractivity contribution < 1.29 is 9.28 Å². The van der Waals surface area contributed by atoms with Crippen molar-refractivity contribution in [2.45, 2.75) is 26.7 Å². The molecule has 0 saturated heterocycles. The molecule has 4 heteroatoms. The van der Waals surface area contributed by atoms with Crippen LogP contribution in [0.3, 0.4) is 0 Å². The second-order valence-corrected chi connectivity index (χ2v) is 6.16. The molecule has 0 aliphatic rings. The van der Waals surface area contributed by atoms with Crippen molar-refractivity contribution >= 4 is 5.91 Å². The number of nitrogens with one attached hydrogen (secondary N) is 2. The Morgan fingerprint density at radius 2 is 1.74 bits per heavy atom. The topological polar surface area (TPSA) is 41.1 Å². The van der Waals surface area contributed by atoms with Gasteiger partial charge in [0.2, 0.25) is 5.91 Å². The fourth-order valence-electron chi connectivity index (χ4n) is 1.44. The predicted octanol–water partition coefficient (Wildman–Crippen LogP) is 1.66. The molecule has 4 nitrogen and oxygen atoms in total. The number of quaternary nitrogens is 1. The van der Waals surface area contributed by atoms with Gasteiger partial charge >= 0.3 is 0 Å². The molecule has 0 atom stereocenters. The van der Waals surface area contributed by atoms with E-state index in [1.807, 2.05) is 13.8 Å². The van der Waals surface area contributed by atoms with Gasteiger partial charge in [-0.2, -0.15) is 0 Å². The fourth-order valence-corrected chi connectivity index (χ4v) is 1.44.